The second-order valence-electron chi connectivity index (χ2n) is 6.23. The number of aromatic amines is 1. The van der Waals surface area contributed by atoms with E-state index in [1.165, 1.54) is 16.2 Å². The normalized spacial score (nSPS) is 11.5. The van der Waals surface area contributed by atoms with Crippen LogP contribution in [0.15, 0.2) is 52.6 Å². The van der Waals surface area contributed by atoms with Gasteiger partial charge in [0.1, 0.15) is 10.5 Å². The Morgan fingerprint density at radius 1 is 1.19 bits per heavy atom. The number of fused-ring (bicyclic) bond motifs is 1. The molecule has 1 aromatic carbocycles. The second-order valence-corrected chi connectivity index (χ2v) is 8.75. The van der Waals surface area contributed by atoms with E-state index in [0.29, 0.717) is 22.1 Å². The van der Waals surface area contributed by atoms with E-state index >= 15 is 0 Å². The van der Waals surface area contributed by atoms with Crippen molar-refractivity contribution >= 4 is 44.5 Å². The van der Waals surface area contributed by atoms with E-state index in [-0.39, 0.29) is 5.56 Å². The number of H-pyrrole nitrogens is 1. The van der Waals surface area contributed by atoms with Gasteiger partial charge in [-0.25, -0.2) is 4.98 Å². The van der Waals surface area contributed by atoms with Gasteiger partial charge in [-0.05, 0) is 41.8 Å². The Kier molecular flexibility index (Phi) is 5.41. The summed E-state index contributed by atoms with van der Waals surface area (Å²) < 4.78 is 0.657. The lowest BCUT2D eigenvalue weighted by Gasteiger charge is -2.18. The zero-order chi connectivity index (χ0) is 18.8. The Morgan fingerprint density at radius 2 is 2.00 bits per heavy atom. The molecule has 0 atom stereocenters. The number of hydrogen-bond acceptors (Lipinski definition) is 5. The van der Waals surface area contributed by atoms with Crippen molar-refractivity contribution in [2.45, 2.75) is 20.0 Å². The van der Waals surface area contributed by atoms with Crippen molar-refractivity contribution < 1.29 is 0 Å². The molecular weight excluding hydrogens is 398 g/mol. The Labute approximate surface area is 170 Å². The van der Waals surface area contributed by atoms with Gasteiger partial charge >= 0.3 is 0 Å². The third-order valence-electron chi connectivity index (χ3n) is 4.34. The molecule has 0 fully saturated rings. The van der Waals surface area contributed by atoms with Crippen LogP contribution in [-0.4, -0.2) is 21.4 Å². The largest absolute Gasteiger partial charge is 0.308 e. The van der Waals surface area contributed by atoms with Gasteiger partial charge in [0.15, 0.2) is 0 Å². The number of halogens is 1. The molecule has 0 aliphatic carbocycles. The lowest BCUT2D eigenvalue weighted by molar-refractivity contribution is 0.267. The topological polar surface area (TPSA) is 49.0 Å². The van der Waals surface area contributed by atoms with Crippen LogP contribution in [-0.2, 0) is 13.1 Å². The van der Waals surface area contributed by atoms with Crippen molar-refractivity contribution in [3.63, 3.8) is 0 Å². The van der Waals surface area contributed by atoms with Crippen LogP contribution >= 0.6 is 34.3 Å². The number of nitrogens with zero attached hydrogens (tertiary/aromatic N) is 2. The number of thiophene rings is 2. The Hall–Kier alpha value is -1.99. The summed E-state index contributed by atoms with van der Waals surface area (Å²) in [5.41, 5.74) is 1.71. The van der Waals surface area contributed by atoms with E-state index in [4.69, 9.17) is 16.6 Å². The summed E-state index contributed by atoms with van der Waals surface area (Å²) in [6.45, 7) is 4.48. The number of hydrogen-bond donors (Lipinski definition) is 1. The fourth-order valence-electron chi connectivity index (χ4n) is 2.93. The molecule has 1 N–H and O–H groups in total. The Bertz CT molecular complexity index is 1100. The molecule has 27 heavy (non-hydrogen) atoms. The lowest BCUT2D eigenvalue weighted by Crippen LogP contribution is -2.24. The van der Waals surface area contributed by atoms with Gasteiger partial charge in [-0.1, -0.05) is 36.7 Å². The zero-order valence-corrected chi connectivity index (χ0v) is 17.1. The van der Waals surface area contributed by atoms with Gasteiger partial charge in [0.25, 0.3) is 5.56 Å². The van der Waals surface area contributed by atoms with Gasteiger partial charge in [0.2, 0.25) is 0 Å². The first-order chi connectivity index (χ1) is 13.1. The summed E-state index contributed by atoms with van der Waals surface area (Å²) in [6, 6.07) is 13.8. The highest BCUT2D eigenvalue weighted by Crippen LogP contribution is 2.31. The molecule has 0 unspecified atom stereocenters. The Morgan fingerprint density at radius 3 is 2.70 bits per heavy atom. The van der Waals surface area contributed by atoms with Crippen LogP contribution in [0.3, 0.4) is 0 Å². The smallest absolute Gasteiger partial charge is 0.268 e. The first-order valence-corrected chi connectivity index (χ1v) is 10.7. The van der Waals surface area contributed by atoms with Gasteiger partial charge in [0.05, 0.1) is 12.1 Å². The number of benzene rings is 1. The number of aromatic nitrogens is 2. The minimum absolute atomic E-state index is 0.0765. The maximum absolute atomic E-state index is 12.6. The minimum atomic E-state index is -0.0765. The first kappa shape index (κ1) is 18.4. The van der Waals surface area contributed by atoms with E-state index in [2.05, 4.69) is 34.3 Å². The average Bonchev–Trinajstić information content (AvgIpc) is 3.31. The van der Waals surface area contributed by atoms with Crippen LogP contribution in [0.2, 0.25) is 5.02 Å². The number of rotatable bonds is 6. The van der Waals surface area contributed by atoms with Gasteiger partial charge in [-0.15, -0.1) is 22.7 Å². The molecule has 4 rings (SSSR count). The van der Waals surface area contributed by atoms with Crippen molar-refractivity contribution in [2.75, 3.05) is 6.54 Å². The van der Waals surface area contributed by atoms with Crippen LogP contribution in [0, 0.1) is 0 Å². The molecule has 0 saturated carbocycles. The molecular formula is C20H18ClN3OS2. The molecule has 0 bridgehead atoms. The molecule has 138 valence electrons. The molecule has 7 heteroatoms. The monoisotopic (exact) mass is 415 g/mol. The van der Waals surface area contributed by atoms with E-state index in [1.807, 2.05) is 30.3 Å². The summed E-state index contributed by atoms with van der Waals surface area (Å²) in [7, 11) is 0. The minimum Gasteiger partial charge on any atom is -0.308 e. The van der Waals surface area contributed by atoms with E-state index in [1.54, 1.807) is 11.3 Å². The molecule has 0 radical (unpaired) electrons. The second kappa shape index (κ2) is 7.94. The molecule has 0 aliphatic rings. The third kappa shape index (κ3) is 4.14. The van der Waals surface area contributed by atoms with E-state index < -0.39 is 0 Å². The molecule has 0 amide bonds. The molecule has 3 heterocycles. The predicted octanol–water partition coefficient (Wildman–Crippen LogP) is 5.39. The predicted molar refractivity (Wildman–Crippen MR) is 115 cm³/mol. The van der Waals surface area contributed by atoms with Crippen molar-refractivity contribution in [1.82, 2.24) is 14.9 Å². The molecule has 4 aromatic rings. The van der Waals surface area contributed by atoms with Crippen LogP contribution in [0.25, 0.3) is 20.7 Å². The van der Waals surface area contributed by atoms with E-state index in [0.717, 1.165) is 29.0 Å². The first-order valence-electron chi connectivity index (χ1n) is 8.66. The lowest BCUT2D eigenvalue weighted by atomic mass is 10.2. The average molecular weight is 416 g/mol. The third-order valence-corrected chi connectivity index (χ3v) is 6.63. The van der Waals surface area contributed by atoms with Crippen LogP contribution < -0.4 is 5.56 Å². The molecule has 3 aromatic heterocycles. The summed E-state index contributed by atoms with van der Waals surface area (Å²) in [6.07, 6.45) is 0. The van der Waals surface area contributed by atoms with Gasteiger partial charge in [-0.3, -0.25) is 9.69 Å². The maximum Gasteiger partial charge on any atom is 0.268 e. The van der Waals surface area contributed by atoms with Crippen LogP contribution in [0.4, 0.5) is 0 Å². The standard InChI is InChI=1S/C20H18ClN3OS2/c1-2-24(11-15-4-3-9-26-15)12-18-22-16-10-17(27-19(16)20(25)23-18)13-5-7-14(21)8-6-13/h3-10H,2,11-12H2,1H3,(H,22,23,25). The fraction of sp³-hybridized carbons (Fsp3) is 0.200. The quantitative estimate of drug-likeness (QED) is 0.459. The van der Waals surface area contributed by atoms with Crippen LogP contribution in [0.1, 0.15) is 17.6 Å². The van der Waals surface area contributed by atoms with Crippen molar-refractivity contribution in [1.29, 1.82) is 0 Å². The van der Waals surface area contributed by atoms with Crippen molar-refractivity contribution in [2.24, 2.45) is 0 Å². The highest BCUT2D eigenvalue weighted by molar-refractivity contribution is 7.22. The van der Waals surface area contributed by atoms with Crippen LogP contribution in [0.5, 0.6) is 0 Å². The summed E-state index contributed by atoms with van der Waals surface area (Å²) in [4.78, 5) is 24.8. The summed E-state index contributed by atoms with van der Waals surface area (Å²) in [5, 5.41) is 2.78. The van der Waals surface area contributed by atoms with Crippen molar-refractivity contribution in [3.8, 4) is 10.4 Å². The number of nitrogens with one attached hydrogen (secondary N) is 1. The SMILES string of the molecule is CCN(Cc1nc2cc(-c3ccc(Cl)cc3)sc2c(=O)[nH]1)Cc1cccs1. The Balaban J connectivity index is 1.62. The van der Waals surface area contributed by atoms with Gasteiger partial charge in [-0.2, -0.15) is 0 Å². The van der Waals surface area contributed by atoms with Gasteiger partial charge in [0, 0.05) is 21.3 Å². The summed E-state index contributed by atoms with van der Waals surface area (Å²) >= 11 is 9.17. The van der Waals surface area contributed by atoms with E-state index in [9.17, 15) is 4.79 Å². The molecule has 0 spiro atoms. The van der Waals surface area contributed by atoms with Crippen molar-refractivity contribution in [3.05, 3.63) is 73.9 Å². The summed E-state index contributed by atoms with van der Waals surface area (Å²) in [5.74, 6) is 0.700. The van der Waals surface area contributed by atoms with Gasteiger partial charge < -0.3 is 4.98 Å². The zero-order valence-electron chi connectivity index (χ0n) is 14.7. The fourth-order valence-corrected chi connectivity index (χ4v) is 4.80. The maximum atomic E-state index is 12.6. The molecule has 0 saturated heterocycles. The highest BCUT2D eigenvalue weighted by Gasteiger charge is 2.13. The molecule has 4 nitrogen and oxygen atoms in total. The highest BCUT2D eigenvalue weighted by atomic mass is 35.5. The molecule has 0 aliphatic heterocycles.